The predicted octanol–water partition coefficient (Wildman–Crippen LogP) is 1.17. The molecule has 0 aliphatic carbocycles. The molecule has 0 spiro atoms. The van der Waals surface area contributed by atoms with Crippen LogP contribution in [0.3, 0.4) is 0 Å². The van der Waals surface area contributed by atoms with Crippen LogP contribution in [0.15, 0.2) is 24.3 Å². The standard InChI is InChI=1S/C12H12Cl3N3O3S/c1-6(19)16-10(12(13,14)15)18-11(22)17-8-4-2-3-7(5-8)9(20)21/h2-5,10H,1H3,(H,16,19)(H,20,21)(H2,17,18,22)/p-1/t10-/m1/s1. The summed E-state index contributed by atoms with van der Waals surface area (Å²) in [6, 6.07) is 5.80. The number of hydrogen-bond donors (Lipinski definition) is 3. The van der Waals surface area contributed by atoms with Crippen molar-refractivity contribution in [1.82, 2.24) is 10.6 Å². The molecule has 1 atom stereocenters. The quantitative estimate of drug-likeness (QED) is 0.410. The zero-order valence-electron chi connectivity index (χ0n) is 11.2. The van der Waals surface area contributed by atoms with Gasteiger partial charge >= 0.3 is 0 Å². The Bertz CT molecular complexity index is 592. The fourth-order valence-electron chi connectivity index (χ4n) is 1.43. The van der Waals surface area contributed by atoms with Crippen molar-refractivity contribution in [2.24, 2.45) is 0 Å². The lowest BCUT2D eigenvalue weighted by Gasteiger charge is -2.27. The van der Waals surface area contributed by atoms with Crippen molar-refractivity contribution in [1.29, 1.82) is 0 Å². The number of aromatic carboxylic acids is 1. The minimum atomic E-state index is -1.84. The number of carbonyl (C=O) groups is 2. The Labute approximate surface area is 147 Å². The summed E-state index contributed by atoms with van der Waals surface area (Å²) in [5.41, 5.74) is 0.373. The van der Waals surface area contributed by atoms with Crippen LogP contribution in [0.1, 0.15) is 17.3 Å². The summed E-state index contributed by atoms with van der Waals surface area (Å²) in [6.45, 7) is 1.25. The summed E-state index contributed by atoms with van der Waals surface area (Å²) in [5, 5.41) is 18.5. The molecule has 0 bridgehead atoms. The maximum absolute atomic E-state index is 11.1. The first-order valence-corrected chi connectivity index (χ1v) is 7.36. The summed E-state index contributed by atoms with van der Waals surface area (Å²) >= 11 is 22.2. The summed E-state index contributed by atoms with van der Waals surface area (Å²) in [6.07, 6.45) is -1.07. The SMILES string of the molecule is CC(=O)N[C@H](NC(=S)Nc1cccc(C(=O)[O-])c1)C(Cl)(Cl)Cl. The Balaban J connectivity index is 2.77. The van der Waals surface area contributed by atoms with Gasteiger partial charge in [0, 0.05) is 12.6 Å². The van der Waals surface area contributed by atoms with Crippen LogP contribution in [-0.4, -0.2) is 26.9 Å². The van der Waals surface area contributed by atoms with Crippen molar-refractivity contribution in [3.05, 3.63) is 29.8 Å². The van der Waals surface area contributed by atoms with Crippen molar-refractivity contribution < 1.29 is 14.7 Å². The minimum Gasteiger partial charge on any atom is -0.545 e. The highest BCUT2D eigenvalue weighted by Gasteiger charge is 2.33. The Morgan fingerprint density at radius 2 is 1.91 bits per heavy atom. The minimum absolute atomic E-state index is 0.0208. The van der Waals surface area contributed by atoms with Gasteiger partial charge < -0.3 is 25.9 Å². The molecule has 0 aliphatic rings. The number of thiocarbonyl (C=S) groups is 1. The normalized spacial score (nSPS) is 12.2. The van der Waals surface area contributed by atoms with Crippen LogP contribution < -0.4 is 21.1 Å². The van der Waals surface area contributed by atoms with Gasteiger partial charge in [-0.05, 0) is 29.9 Å². The molecule has 120 valence electrons. The van der Waals surface area contributed by atoms with Crippen LogP contribution in [0.5, 0.6) is 0 Å². The number of carboxylic acid groups (broad SMARTS) is 1. The highest BCUT2D eigenvalue weighted by Crippen LogP contribution is 2.29. The maximum Gasteiger partial charge on any atom is 0.228 e. The van der Waals surface area contributed by atoms with Crippen molar-refractivity contribution >= 4 is 69.7 Å². The number of rotatable bonds is 4. The van der Waals surface area contributed by atoms with E-state index < -0.39 is 21.8 Å². The van der Waals surface area contributed by atoms with E-state index in [2.05, 4.69) is 16.0 Å². The number of carbonyl (C=O) groups excluding carboxylic acids is 2. The second kappa shape index (κ2) is 7.82. The fourth-order valence-corrected chi connectivity index (χ4v) is 1.99. The highest BCUT2D eigenvalue weighted by atomic mass is 35.6. The van der Waals surface area contributed by atoms with Crippen LogP contribution in [0.2, 0.25) is 0 Å². The van der Waals surface area contributed by atoms with Crippen LogP contribution in [0.4, 0.5) is 5.69 Å². The van der Waals surface area contributed by atoms with E-state index in [4.69, 9.17) is 47.0 Å². The van der Waals surface area contributed by atoms with Gasteiger partial charge in [0.25, 0.3) is 0 Å². The van der Waals surface area contributed by atoms with Crippen molar-refractivity contribution in [3.8, 4) is 0 Å². The number of anilines is 1. The van der Waals surface area contributed by atoms with E-state index >= 15 is 0 Å². The predicted molar refractivity (Wildman–Crippen MR) is 88.0 cm³/mol. The lowest BCUT2D eigenvalue weighted by atomic mass is 10.2. The molecule has 1 aromatic carbocycles. The van der Waals surface area contributed by atoms with Gasteiger partial charge in [0.2, 0.25) is 9.70 Å². The number of benzene rings is 1. The second-order valence-corrected chi connectivity index (χ2v) is 6.92. The highest BCUT2D eigenvalue weighted by molar-refractivity contribution is 7.80. The molecule has 0 saturated heterocycles. The molecule has 3 N–H and O–H groups in total. The van der Waals surface area contributed by atoms with Crippen LogP contribution in [0.25, 0.3) is 0 Å². The van der Waals surface area contributed by atoms with Crippen LogP contribution in [-0.2, 0) is 4.79 Å². The van der Waals surface area contributed by atoms with Gasteiger partial charge in [0.15, 0.2) is 5.11 Å². The van der Waals surface area contributed by atoms with Gasteiger partial charge in [-0.25, -0.2) is 0 Å². The third-order valence-corrected chi connectivity index (χ3v) is 3.18. The van der Waals surface area contributed by atoms with Gasteiger partial charge in [0.05, 0.1) is 5.97 Å². The molecule has 0 radical (unpaired) electrons. The molecular formula is C12H11Cl3N3O3S-. The Morgan fingerprint density at radius 1 is 1.27 bits per heavy atom. The van der Waals surface area contributed by atoms with Gasteiger partial charge in [-0.3, -0.25) is 4.79 Å². The Morgan fingerprint density at radius 3 is 2.41 bits per heavy atom. The molecule has 6 nitrogen and oxygen atoms in total. The largest absolute Gasteiger partial charge is 0.545 e. The Kier molecular flexibility index (Phi) is 6.67. The lowest BCUT2D eigenvalue weighted by Crippen LogP contribution is -2.55. The topological polar surface area (TPSA) is 93.3 Å². The monoisotopic (exact) mass is 382 g/mol. The molecule has 0 aliphatic heterocycles. The lowest BCUT2D eigenvalue weighted by molar-refractivity contribution is -0.255. The number of amides is 1. The molecule has 1 amide bonds. The summed E-state index contributed by atoms with van der Waals surface area (Å²) in [5.74, 6) is -1.74. The zero-order valence-corrected chi connectivity index (χ0v) is 14.2. The zero-order chi connectivity index (χ0) is 16.9. The van der Waals surface area contributed by atoms with E-state index in [1.165, 1.54) is 25.1 Å². The molecular weight excluding hydrogens is 373 g/mol. The maximum atomic E-state index is 11.1. The molecule has 0 heterocycles. The summed E-state index contributed by atoms with van der Waals surface area (Å²) in [7, 11) is 0. The van der Waals surface area contributed by atoms with Crippen LogP contribution in [0, 0.1) is 0 Å². The number of carboxylic acids is 1. The van der Waals surface area contributed by atoms with Gasteiger partial charge in [-0.1, -0.05) is 46.9 Å². The van der Waals surface area contributed by atoms with Gasteiger partial charge in [-0.15, -0.1) is 0 Å². The number of halogens is 3. The van der Waals surface area contributed by atoms with E-state index in [0.717, 1.165) is 0 Å². The summed E-state index contributed by atoms with van der Waals surface area (Å²) < 4.78 is -1.84. The summed E-state index contributed by atoms with van der Waals surface area (Å²) in [4.78, 5) is 21.9. The smallest absolute Gasteiger partial charge is 0.228 e. The molecule has 1 aromatic rings. The number of alkyl halides is 3. The van der Waals surface area contributed by atoms with Crippen molar-refractivity contribution in [3.63, 3.8) is 0 Å². The first kappa shape index (κ1) is 18.8. The van der Waals surface area contributed by atoms with E-state index in [9.17, 15) is 14.7 Å². The molecule has 0 fully saturated rings. The first-order valence-electron chi connectivity index (χ1n) is 5.82. The van der Waals surface area contributed by atoms with E-state index in [-0.39, 0.29) is 10.7 Å². The van der Waals surface area contributed by atoms with Crippen LogP contribution >= 0.6 is 47.0 Å². The fraction of sp³-hybridized carbons (Fsp3) is 0.250. The molecule has 0 aromatic heterocycles. The van der Waals surface area contributed by atoms with Gasteiger partial charge in [-0.2, -0.15) is 0 Å². The van der Waals surface area contributed by atoms with E-state index in [0.29, 0.717) is 5.69 Å². The van der Waals surface area contributed by atoms with E-state index in [1.807, 2.05) is 0 Å². The molecule has 10 heteroatoms. The third-order valence-electron chi connectivity index (χ3n) is 2.31. The molecule has 1 rings (SSSR count). The number of nitrogens with one attached hydrogen (secondary N) is 3. The number of hydrogen-bond acceptors (Lipinski definition) is 4. The average molecular weight is 384 g/mol. The first-order chi connectivity index (χ1) is 10.1. The van der Waals surface area contributed by atoms with Crippen molar-refractivity contribution in [2.45, 2.75) is 16.9 Å². The second-order valence-electron chi connectivity index (χ2n) is 4.14. The van der Waals surface area contributed by atoms with Crippen molar-refractivity contribution in [2.75, 3.05) is 5.32 Å². The van der Waals surface area contributed by atoms with E-state index in [1.54, 1.807) is 6.07 Å². The Hall–Kier alpha value is -1.28. The van der Waals surface area contributed by atoms with Gasteiger partial charge in [0.1, 0.15) is 6.17 Å². The molecule has 0 saturated carbocycles. The average Bonchev–Trinajstić information content (AvgIpc) is 2.36. The third kappa shape index (κ3) is 6.23. The molecule has 22 heavy (non-hydrogen) atoms. The molecule has 0 unspecified atom stereocenters.